The number of nitrogens with zero attached hydrogens (tertiary/aromatic N) is 2. The number of hydrogen-bond donors (Lipinski definition) is 2. The van der Waals surface area contributed by atoms with Crippen molar-refractivity contribution in [2.75, 3.05) is 12.4 Å². The van der Waals surface area contributed by atoms with Gasteiger partial charge in [-0.25, -0.2) is 0 Å². The van der Waals surface area contributed by atoms with E-state index in [1.165, 1.54) is 29.9 Å². The minimum absolute atomic E-state index is 0.170. The van der Waals surface area contributed by atoms with Crippen LogP contribution < -0.4 is 16.6 Å². The number of aromatic nitrogens is 1. The van der Waals surface area contributed by atoms with E-state index in [1.807, 2.05) is 0 Å². The lowest BCUT2D eigenvalue weighted by atomic mass is 10.2. The Hall–Kier alpha value is -2.58. The predicted octanol–water partition coefficient (Wildman–Crippen LogP) is 1.28. The average molecular weight is 316 g/mol. The summed E-state index contributed by atoms with van der Waals surface area (Å²) in [5.41, 5.74) is 2.50. The lowest BCUT2D eigenvalue weighted by Gasteiger charge is -2.12. The van der Waals surface area contributed by atoms with Crippen molar-refractivity contribution in [2.24, 2.45) is 10.7 Å². The molecule has 6 nitrogen and oxygen atoms in total. The second-order valence-electron chi connectivity index (χ2n) is 4.21. The SMILES string of the molecule is CCn1cc(NC(=O)/C(C=NC)=C(/N)C(F)(F)F)ccc1=O. The Labute approximate surface area is 124 Å². The first kappa shape index (κ1) is 17.5. The van der Waals surface area contributed by atoms with E-state index >= 15 is 0 Å². The second-order valence-corrected chi connectivity index (χ2v) is 4.21. The molecule has 0 bridgehead atoms. The average Bonchev–Trinajstić information content (AvgIpc) is 2.44. The van der Waals surface area contributed by atoms with E-state index in [1.54, 1.807) is 6.92 Å². The molecule has 0 aromatic carbocycles. The third kappa shape index (κ3) is 4.21. The number of carbonyl (C=O) groups is 1. The molecule has 1 rings (SSSR count). The van der Waals surface area contributed by atoms with E-state index in [2.05, 4.69) is 10.3 Å². The Balaban J connectivity index is 3.16. The lowest BCUT2D eigenvalue weighted by Crippen LogP contribution is -2.28. The van der Waals surface area contributed by atoms with Gasteiger partial charge < -0.3 is 15.6 Å². The van der Waals surface area contributed by atoms with Crippen molar-refractivity contribution in [3.63, 3.8) is 0 Å². The van der Waals surface area contributed by atoms with Crippen molar-refractivity contribution in [1.29, 1.82) is 0 Å². The molecule has 0 saturated heterocycles. The zero-order valence-electron chi connectivity index (χ0n) is 11.9. The van der Waals surface area contributed by atoms with Gasteiger partial charge in [0.25, 0.3) is 11.5 Å². The normalized spacial score (nSPS) is 13.1. The number of alkyl halides is 3. The number of nitrogens with one attached hydrogen (secondary N) is 1. The fourth-order valence-electron chi connectivity index (χ4n) is 1.58. The van der Waals surface area contributed by atoms with Gasteiger partial charge in [-0.15, -0.1) is 0 Å². The maximum absolute atomic E-state index is 12.6. The number of hydrogen-bond acceptors (Lipinski definition) is 4. The Morgan fingerprint density at radius 2 is 2.09 bits per heavy atom. The second kappa shape index (κ2) is 6.92. The van der Waals surface area contributed by atoms with Gasteiger partial charge in [0.2, 0.25) is 0 Å². The fourth-order valence-corrected chi connectivity index (χ4v) is 1.58. The summed E-state index contributed by atoms with van der Waals surface area (Å²) in [6.45, 7) is 2.07. The Kier molecular flexibility index (Phi) is 5.50. The molecule has 0 aliphatic carbocycles. The van der Waals surface area contributed by atoms with E-state index < -0.39 is 23.4 Å². The molecule has 1 amide bonds. The number of aliphatic imine (C=N–C) groups is 1. The van der Waals surface area contributed by atoms with Crippen molar-refractivity contribution in [3.8, 4) is 0 Å². The van der Waals surface area contributed by atoms with Crippen LogP contribution in [-0.4, -0.2) is 29.9 Å². The zero-order chi connectivity index (χ0) is 16.9. The summed E-state index contributed by atoms with van der Waals surface area (Å²) in [6.07, 6.45) is -2.80. The summed E-state index contributed by atoms with van der Waals surface area (Å²) < 4.78 is 39.2. The van der Waals surface area contributed by atoms with Crippen LogP contribution in [0.25, 0.3) is 0 Å². The van der Waals surface area contributed by atoms with Crippen molar-refractivity contribution in [1.82, 2.24) is 4.57 Å². The molecule has 1 aromatic rings. The molecule has 0 unspecified atom stereocenters. The van der Waals surface area contributed by atoms with Crippen LogP contribution in [0.2, 0.25) is 0 Å². The number of rotatable bonds is 4. The third-order valence-electron chi connectivity index (χ3n) is 2.68. The molecule has 0 aliphatic heterocycles. The van der Waals surface area contributed by atoms with Crippen LogP contribution in [0.15, 0.2) is 39.4 Å². The number of halogens is 3. The number of amides is 1. The summed E-state index contributed by atoms with van der Waals surface area (Å²) in [7, 11) is 1.22. The van der Waals surface area contributed by atoms with Gasteiger partial charge in [-0.2, -0.15) is 13.2 Å². The minimum Gasteiger partial charge on any atom is -0.394 e. The Morgan fingerprint density at radius 3 is 2.59 bits per heavy atom. The van der Waals surface area contributed by atoms with Crippen LogP contribution in [0.5, 0.6) is 0 Å². The maximum Gasteiger partial charge on any atom is 0.431 e. The highest BCUT2D eigenvalue weighted by Crippen LogP contribution is 2.24. The fraction of sp³-hybridized carbons (Fsp3) is 0.308. The smallest absolute Gasteiger partial charge is 0.394 e. The minimum atomic E-state index is -4.85. The lowest BCUT2D eigenvalue weighted by molar-refractivity contribution is -0.114. The van der Waals surface area contributed by atoms with Gasteiger partial charge in [0.15, 0.2) is 0 Å². The number of aryl methyl sites for hydroxylation is 1. The molecular weight excluding hydrogens is 301 g/mol. The van der Waals surface area contributed by atoms with Crippen molar-refractivity contribution in [2.45, 2.75) is 19.6 Å². The summed E-state index contributed by atoms with van der Waals surface area (Å²) in [5.74, 6) is -1.07. The Bertz CT molecular complexity index is 675. The topological polar surface area (TPSA) is 89.5 Å². The molecule has 1 aromatic heterocycles. The predicted molar refractivity (Wildman–Crippen MR) is 76.7 cm³/mol. The van der Waals surface area contributed by atoms with Gasteiger partial charge in [-0.3, -0.25) is 14.6 Å². The highest BCUT2D eigenvalue weighted by molar-refractivity contribution is 6.18. The van der Waals surface area contributed by atoms with Gasteiger partial charge in [0.05, 0.1) is 11.3 Å². The van der Waals surface area contributed by atoms with Crippen LogP contribution in [0.1, 0.15) is 6.92 Å². The molecule has 120 valence electrons. The third-order valence-corrected chi connectivity index (χ3v) is 2.68. The van der Waals surface area contributed by atoms with Crippen LogP contribution in [-0.2, 0) is 11.3 Å². The van der Waals surface area contributed by atoms with Crippen LogP contribution >= 0.6 is 0 Å². The summed E-state index contributed by atoms with van der Waals surface area (Å²) in [6, 6.07) is 2.49. The zero-order valence-corrected chi connectivity index (χ0v) is 11.9. The van der Waals surface area contributed by atoms with Gasteiger partial charge in [0.1, 0.15) is 5.70 Å². The number of allylic oxidation sites excluding steroid dienone is 1. The molecule has 0 radical (unpaired) electrons. The highest BCUT2D eigenvalue weighted by Gasteiger charge is 2.35. The molecule has 0 aliphatic rings. The van der Waals surface area contributed by atoms with E-state index in [-0.39, 0.29) is 11.2 Å². The number of carbonyl (C=O) groups excluding carboxylic acids is 1. The molecule has 0 saturated carbocycles. The summed E-state index contributed by atoms with van der Waals surface area (Å²) in [4.78, 5) is 26.8. The number of anilines is 1. The van der Waals surface area contributed by atoms with E-state index in [9.17, 15) is 22.8 Å². The molecule has 0 fully saturated rings. The molecular formula is C13H15F3N4O2. The highest BCUT2D eigenvalue weighted by atomic mass is 19.4. The molecule has 3 N–H and O–H groups in total. The number of nitrogens with two attached hydrogens (primary N) is 1. The first-order chi connectivity index (χ1) is 10.2. The first-order valence-electron chi connectivity index (χ1n) is 6.21. The van der Waals surface area contributed by atoms with Crippen molar-refractivity contribution >= 4 is 17.8 Å². The van der Waals surface area contributed by atoms with Gasteiger partial charge in [-0.1, -0.05) is 0 Å². The van der Waals surface area contributed by atoms with Gasteiger partial charge >= 0.3 is 6.18 Å². The molecule has 0 atom stereocenters. The van der Waals surface area contributed by atoms with Crippen LogP contribution in [0.3, 0.4) is 0 Å². The summed E-state index contributed by atoms with van der Waals surface area (Å²) in [5, 5.41) is 2.25. The molecule has 0 spiro atoms. The van der Waals surface area contributed by atoms with E-state index in [4.69, 9.17) is 5.73 Å². The van der Waals surface area contributed by atoms with Crippen LogP contribution in [0, 0.1) is 0 Å². The molecule has 1 heterocycles. The van der Waals surface area contributed by atoms with Crippen molar-refractivity contribution < 1.29 is 18.0 Å². The van der Waals surface area contributed by atoms with Crippen LogP contribution in [0.4, 0.5) is 18.9 Å². The monoisotopic (exact) mass is 316 g/mol. The largest absolute Gasteiger partial charge is 0.431 e. The molecule has 9 heteroatoms. The van der Waals surface area contributed by atoms with E-state index in [0.717, 1.165) is 6.21 Å². The van der Waals surface area contributed by atoms with Gasteiger partial charge in [0, 0.05) is 32.1 Å². The van der Waals surface area contributed by atoms with Gasteiger partial charge in [-0.05, 0) is 13.0 Å². The summed E-state index contributed by atoms with van der Waals surface area (Å²) >= 11 is 0. The first-order valence-corrected chi connectivity index (χ1v) is 6.21. The van der Waals surface area contributed by atoms with E-state index in [0.29, 0.717) is 6.54 Å². The Morgan fingerprint density at radius 1 is 1.45 bits per heavy atom. The standard InChI is InChI=1S/C13H15F3N4O2/c1-3-20-7-8(4-5-10(20)21)19-12(22)9(6-18-2)11(17)13(14,15)16/h4-7H,3,17H2,1-2H3,(H,19,22)/b11-9+,18-6?. The molecule has 22 heavy (non-hydrogen) atoms. The number of pyridine rings is 1. The maximum atomic E-state index is 12.6. The quantitative estimate of drug-likeness (QED) is 0.648. The van der Waals surface area contributed by atoms with Crippen molar-refractivity contribution in [3.05, 3.63) is 40.0 Å².